The Labute approximate surface area is 143 Å². The van der Waals surface area contributed by atoms with Crippen molar-refractivity contribution in [3.63, 3.8) is 0 Å². The van der Waals surface area contributed by atoms with Crippen LogP contribution in [0.5, 0.6) is 0 Å². The number of hydrogen-bond donors (Lipinski definition) is 2. The lowest BCUT2D eigenvalue weighted by Gasteiger charge is -2.26. The fourth-order valence-electron chi connectivity index (χ4n) is 2.71. The van der Waals surface area contributed by atoms with Gasteiger partial charge in [0.2, 0.25) is 0 Å². The average molecular weight is 342 g/mol. The van der Waals surface area contributed by atoms with Gasteiger partial charge in [-0.25, -0.2) is 9.97 Å². The molecule has 0 unspecified atom stereocenters. The van der Waals surface area contributed by atoms with Crippen molar-refractivity contribution in [3.8, 4) is 0 Å². The number of nitrogens with one attached hydrogen (secondary N) is 2. The standard InChI is InChI=1S/C16H18N6OS/c23-15(13-11-24-16(20-13)22-6-2-17-3-7-22)19-10-12-1-5-21-8-4-18-14(21)9-12/h1,4-5,8-9,11,17H,2-3,6-7,10H2,(H,19,23). The SMILES string of the molecule is O=C(NCc1ccn2ccnc2c1)c1csc(N2CCNCC2)n1. The molecular formula is C16H18N6OS. The number of hydrogen-bond acceptors (Lipinski definition) is 6. The summed E-state index contributed by atoms with van der Waals surface area (Å²) in [5.74, 6) is -0.143. The Hall–Kier alpha value is -2.45. The molecule has 2 N–H and O–H groups in total. The van der Waals surface area contributed by atoms with E-state index in [4.69, 9.17) is 0 Å². The number of aromatic nitrogens is 3. The molecule has 0 saturated carbocycles. The van der Waals surface area contributed by atoms with Crippen molar-refractivity contribution >= 4 is 28.0 Å². The van der Waals surface area contributed by atoms with Gasteiger partial charge in [-0.05, 0) is 17.7 Å². The molecule has 1 amide bonds. The van der Waals surface area contributed by atoms with E-state index in [0.29, 0.717) is 12.2 Å². The minimum atomic E-state index is -0.143. The molecule has 0 atom stereocenters. The quantitative estimate of drug-likeness (QED) is 0.743. The Morgan fingerprint density at radius 2 is 2.21 bits per heavy atom. The molecule has 3 aromatic heterocycles. The molecule has 0 bridgehead atoms. The van der Waals surface area contributed by atoms with Crippen molar-refractivity contribution < 1.29 is 4.79 Å². The zero-order chi connectivity index (χ0) is 16.4. The highest BCUT2D eigenvalue weighted by Crippen LogP contribution is 2.20. The Balaban J connectivity index is 1.39. The van der Waals surface area contributed by atoms with Crippen LogP contribution in [0.2, 0.25) is 0 Å². The summed E-state index contributed by atoms with van der Waals surface area (Å²) in [6.07, 6.45) is 5.59. The maximum Gasteiger partial charge on any atom is 0.271 e. The molecule has 4 rings (SSSR count). The van der Waals surface area contributed by atoms with Crippen LogP contribution in [0.25, 0.3) is 5.65 Å². The summed E-state index contributed by atoms with van der Waals surface area (Å²) in [4.78, 5) is 23.2. The molecule has 1 saturated heterocycles. The van der Waals surface area contributed by atoms with E-state index in [1.165, 1.54) is 11.3 Å². The van der Waals surface area contributed by atoms with Gasteiger partial charge < -0.3 is 19.9 Å². The van der Waals surface area contributed by atoms with Crippen LogP contribution in [0.15, 0.2) is 36.1 Å². The minimum Gasteiger partial charge on any atom is -0.347 e. The number of piperazine rings is 1. The van der Waals surface area contributed by atoms with Gasteiger partial charge in [0.15, 0.2) is 5.13 Å². The number of pyridine rings is 1. The Morgan fingerprint density at radius 3 is 3.08 bits per heavy atom. The van der Waals surface area contributed by atoms with Crippen LogP contribution in [0.1, 0.15) is 16.1 Å². The Morgan fingerprint density at radius 1 is 1.33 bits per heavy atom. The van der Waals surface area contributed by atoms with Gasteiger partial charge in [0.1, 0.15) is 11.3 Å². The predicted octanol–water partition coefficient (Wildman–Crippen LogP) is 1.13. The van der Waals surface area contributed by atoms with Gasteiger partial charge in [-0.15, -0.1) is 11.3 Å². The summed E-state index contributed by atoms with van der Waals surface area (Å²) in [6, 6.07) is 3.94. The molecule has 0 aromatic carbocycles. The number of imidazole rings is 1. The Kier molecular flexibility index (Phi) is 4.14. The van der Waals surface area contributed by atoms with Crippen molar-refractivity contribution in [2.75, 3.05) is 31.1 Å². The summed E-state index contributed by atoms with van der Waals surface area (Å²) in [7, 11) is 0. The summed E-state index contributed by atoms with van der Waals surface area (Å²) < 4.78 is 1.94. The largest absolute Gasteiger partial charge is 0.347 e. The molecule has 0 spiro atoms. The maximum absolute atomic E-state index is 12.3. The molecule has 24 heavy (non-hydrogen) atoms. The third-order valence-corrected chi connectivity index (χ3v) is 4.93. The van der Waals surface area contributed by atoms with Crippen LogP contribution in [-0.2, 0) is 6.54 Å². The van der Waals surface area contributed by atoms with Crippen LogP contribution in [-0.4, -0.2) is 46.5 Å². The summed E-state index contributed by atoms with van der Waals surface area (Å²) in [5, 5.41) is 8.98. The number of rotatable bonds is 4. The molecule has 1 fully saturated rings. The number of carbonyl (C=O) groups is 1. The second kappa shape index (κ2) is 6.58. The lowest BCUT2D eigenvalue weighted by Crippen LogP contribution is -2.43. The summed E-state index contributed by atoms with van der Waals surface area (Å²) in [6.45, 7) is 4.23. The zero-order valence-electron chi connectivity index (χ0n) is 13.1. The number of thiazole rings is 1. The predicted molar refractivity (Wildman–Crippen MR) is 93.6 cm³/mol. The highest BCUT2D eigenvalue weighted by Gasteiger charge is 2.16. The van der Waals surface area contributed by atoms with Crippen LogP contribution < -0.4 is 15.5 Å². The van der Waals surface area contributed by atoms with Crippen molar-refractivity contribution in [2.45, 2.75) is 6.54 Å². The first-order valence-corrected chi connectivity index (χ1v) is 8.78. The van der Waals surface area contributed by atoms with E-state index in [9.17, 15) is 4.79 Å². The molecule has 3 aromatic rings. The van der Waals surface area contributed by atoms with E-state index in [0.717, 1.165) is 42.5 Å². The van der Waals surface area contributed by atoms with Gasteiger partial charge >= 0.3 is 0 Å². The normalized spacial score (nSPS) is 14.9. The lowest BCUT2D eigenvalue weighted by atomic mass is 10.2. The maximum atomic E-state index is 12.3. The third kappa shape index (κ3) is 3.10. The first-order valence-electron chi connectivity index (χ1n) is 7.90. The topological polar surface area (TPSA) is 74.6 Å². The zero-order valence-corrected chi connectivity index (χ0v) is 13.9. The number of amides is 1. The fraction of sp³-hybridized carbons (Fsp3) is 0.312. The fourth-order valence-corrected chi connectivity index (χ4v) is 3.56. The van der Waals surface area contributed by atoms with Gasteiger partial charge in [-0.2, -0.15) is 0 Å². The highest BCUT2D eigenvalue weighted by molar-refractivity contribution is 7.13. The van der Waals surface area contributed by atoms with Crippen molar-refractivity contribution in [1.82, 2.24) is 25.0 Å². The smallest absolute Gasteiger partial charge is 0.271 e. The van der Waals surface area contributed by atoms with Crippen molar-refractivity contribution in [3.05, 3.63) is 47.4 Å². The van der Waals surface area contributed by atoms with Crippen LogP contribution in [0.4, 0.5) is 5.13 Å². The second-order valence-corrected chi connectivity index (χ2v) is 6.50. The van der Waals surface area contributed by atoms with Gasteiger partial charge in [0.05, 0.1) is 0 Å². The Bertz CT molecular complexity index is 851. The number of nitrogens with zero attached hydrogens (tertiary/aromatic N) is 4. The number of anilines is 1. The van der Waals surface area contributed by atoms with Crippen LogP contribution in [0, 0.1) is 0 Å². The first kappa shape index (κ1) is 15.1. The minimum absolute atomic E-state index is 0.143. The summed E-state index contributed by atoms with van der Waals surface area (Å²) >= 11 is 1.52. The van der Waals surface area contributed by atoms with E-state index < -0.39 is 0 Å². The molecule has 4 heterocycles. The van der Waals surface area contributed by atoms with E-state index in [2.05, 4.69) is 25.5 Å². The number of fused-ring (bicyclic) bond motifs is 1. The molecule has 1 aliphatic heterocycles. The van der Waals surface area contributed by atoms with Crippen LogP contribution >= 0.6 is 11.3 Å². The average Bonchev–Trinajstić information content (AvgIpc) is 3.29. The molecule has 1 aliphatic rings. The molecule has 0 aliphatic carbocycles. The van der Waals surface area contributed by atoms with E-state index >= 15 is 0 Å². The monoisotopic (exact) mass is 342 g/mol. The lowest BCUT2D eigenvalue weighted by molar-refractivity contribution is 0.0946. The third-order valence-electron chi connectivity index (χ3n) is 4.03. The van der Waals surface area contributed by atoms with Gasteiger partial charge in [-0.3, -0.25) is 4.79 Å². The van der Waals surface area contributed by atoms with E-state index in [-0.39, 0.29) is 5.91 Å². The summed E-state index contributed by atoms with van der Waals surface area (Å²) in [5.41, 5.74) is 2.37. The molecule has 8 heteroatoms. The van der Waals surface area contributed by atoms with Gasteiger partial charge in [0, 0.05) is 56.7 Å². The van der Waals surface area contributed by atoms with Crippen molar-refractivity contribution in [2.24, 2.45) is 0 Å². The van der Waals surface area contributed by atoms with E-state index in [1.54, 1.807) is 6.20 Å². The molecular weight excluding hydrogens is 324 g/mol. The van der Waals surface area contributed by atoms with Gasteiger partial charge in [-0.1, -0.05) is 0 Å². The highest BCUT2D eigenvalue weighted by atomic mass is 32.1. The molecule has 124 valence electrons. The number of carbonyl (C=O) groups excluding carboxylic acids is 1. The van der Waals surface area contributed by atoms with Gasteiger partial charge in [0.25, 0.3) is 5.91 Å². The van der Waals surface area contributed by atoms with E-state index in [1.807, 2.05) is 34.3 Å². The molecule has 7 nitrogen and oxygen atoms in total. The van der Waals surface area contributed by atoms with Crippen LogP contribution in [0.3, 0.4) is 0 Å². The van der Waals surface area contributed by atoms with Crippen molar-refractivity contribution in [1.29, 1.82) is 0 Å². The molecule has 0 radical (unpaired) electrons. The first-order chi connectivity index (χ1) is 11.8. The second-order valence-electron chi connectivity index (χ2n) is 5.66.